The molecule has 0 aromatic heterocycles. The van der Waals surface area contributed by atoms with Crippen LogP contribution in [0.4, 0.5) is 5.69 Å². The molecule has 1 amide bonds. The van der Waals surface area contributed by atoms with Crippen molar-refractivity contribution < 1.29 is 9.53 Å². The lowest BCUT2D eigenvalue weighted by molar-refractivity contribution is -0.115. The first kappa shape index (κ1) is 17.5. The molecule has 0 saturated heterocycles. The smallest absolute Gasteiger partial charge is 0.238 e. The third kappa shape index (κ3) is 5.91. The molecule has 4 heteroatoms. The number of rotatable bonds is 7. The minimum atomic E-state index is 0.00327. The van der Waals surface area contributed by atoms with Gasteiger partial charge in [0.2, 0.25) is 5.91 Å². The fraction of sp³-hybridized carbons (Fsp3) is 0.381. The average molecular weight is 338 g/mol. The first-order valence-electron chi connectivity index (χ1n) is 9.09. The quantitative estimate of drug-likeness (QED) is 0.798. The summed E-state index contributed by atoms with van der Waals surface area (Å²) in [6.45, 7) is 0.911. The highest BCUT2D eigenvalue weighted by molar-refractivity contribution is 5.92. The lowest BCUT2D eigenvalue weighted by Gasteiger charge is -2.22. The Hall–Kier alpha value is -2.33. The summed E-state index contributed by atoms with van der Waals surface area (Å²) in [4.78, 5) is 12.0. The maximum absolute atomic E-state index is 12.0. The second-order valence-corrected chi connectivity index (χ2v) is 6.56. The molecule has 132 valence electrons. The van der Waals surface area contributed by atoms with E-state index in [9.17, 15) is 4.79 Å². The highest BCUT2D eigenvalue weighted by Gasteiger charge is 2.13. The van der Waals surface area contributed by atoms with E-state index >= 15 is 0 Å². The number of anilines is 1. The van der Waals surface area contributed by atoms with Crippen molar-refractivity contribution in [1.82, 2.24) is 5.32 Å². The number of hydrogen-bond donors (Lipinski definition) is 2. The number of amides is 1. The normalized spacial score (nSPS) is 14.9. The predicted molar refractivity (Wildman–Crippen MR) is 101 cm³/mol. The Bertz CT molecular complexity index is 649. The van der Waals surface area contributed by atoms with Gasteiger partial charge in [-0.15, -0.1) is 0 Å². The zero-order valence-corrected chi connectivity index (χ0v) is 14.5. The molecule has 0 heterocycles. The van der Waals surface area contributed by atoms with Gasteiger partial charge in [0.05, 0.1) is 6.54 Å². The summed E-state index contributed by atoms with van der Waals surface area (Å²) in [5, 5.41) is 6.28. The molecule has 0 bridgehead atoms. The minimum absolute atomic E-state index is 0.00327. The molecule has 0 unspecified atom stereocenters. The van der Waals surface area contributed by atoms with Crippen molar-refractivity contribution in [1.29, 1.82) is 0 Å². The third-order valence-electron chi connectivity index (χ3n) is 4.54. The Labute approximate surface area is 149 Å². The standard InChI is InChI=1S/C21H26N2O2/c24-21(15-22-18-9-5-2-6-10-18)23-19-11-13-20(14-12-19)25-16-17-7-3-1-4-8-17/h1,3-4,7-8,11-14,18,22H,2,5-6,9-10,15-16H2,(H,23,24). The summed E-state index contributed by atoms with van der Waals surface area (Å²) >= 11 is 0. The van der Waals surface area contributed by atoms with Gasteiger partial charge in [-0.25, -0.2) is 0 Å². The molecule has 0 spiro atoms. The zero-order valence-electron chi connectivity index (χ0n) is 14.5. The van der Waals surface area contributed by atoms with Gasteiger partial charge in [-0.2, -0.15) is 0 Å². The van der Waals surface area contributed by atoms with E-state index < -0.39 is 0 Å². The zero-order chi connectivity index (χ0) is 17.3. The molecule has 1 fully saturated rings. The van der Waals surface area contributed by atoms with Crippen LogP contribution in [0.2, 0.25) is 0 Å². The fourth-order valence-corrected chi connectivity index (χ4v) is 3.12. The lowest BCUT2D eigenvalue weighted by Crippen LogP contribution is -2.37. The topological polar surface area (TPSA) is 50.4 Å². The highest BCUT2D eigenvalue weighted by atomic mass is 16.5. The van der Waals surface area contributed by atoms with E-state index in [1.165, 1.54) is 32.1 Å². The van der Waals surface area contributed by atoms with Crippen LogP contribution >= 0.6 is 0 Å². The minimum Gasteiger partial charge on any atom is -0.489 e. The molecule has 2 aromatic rings. The summed E-state index contributed by atoms with van der Waals surface area (Å²) < 4.78 is 5.75. The molecule has 0 radical (unpaired) electrons. The van der Waals surface area contributed by atoms with Crippen LogP contribution in [0.15, 0.2) is 54.6 Å². The van der Waals surface area contributed by atoms with Gasteiger partial charge in [-0.05, 0) is 42.7 Å². The maximum atomic E-state index is 12.0. The number of hydrogen-bond acceptors (Lipinski definition) is 3. The summed E-state index contributed by atoms with van der Waals surface area (Å²) in [5.41, 5.74) is 1.93. The van der Waals surface area contributed by atoms with Gasteiger partial charge in [0, 0.05) is 11.7 Å². The van der Waals surface area contributed by atoms with Crippen LogP contribution < -0.4 is 15.4 Å². The number of benzene rings is 2. The second kappa shape index (κ2) is 9.23. The molecule has 3 rings (SSSR count). The number of ether oxygens (including phenoxy) is 1. The molecule has 1 saturated carbocycles. The van der Waals surface area contributed by atoms with Crippen LogP contribution in [0.3, 0.4) is 0 Å². The Morgan fingerprint density at radius 3 is 2.40 bits per heavy atom. The van der Waals surface area contributed by atoms with E-state index in [0.29, 0.717) is 19.2 Å². The van der Waals surface area contributed by atoms with Crippen LogP contribution in [0.1, 0.15) is 37.7 Å². The molecule has 0 atom stereocenters. The largest absolute Gasteiger partial charge is 0.489 e. The van der Waals surface area contributed by atoms with E-state index in [4.69, 9.17) is 4.74 Å². The summed E-state index contributed by atoms with van der Waals surface area (Å²) in [6.07, 6.45) is 6.22. The Morgan fingerprint density at radius 2 is 1.68 bits per heavy atom. The number of nitrogens with one attached hydrogen (secondary N) is 2. The Kier molecular flexibility index (Phi) is 6.46. The molecule has 2 aromatic carbocycles. The number of carbonyl (C=O) groups is 1. The van der Waals surface area contributed by atoms with E-state index in [0.717, 1.165) is 17.0 Å². The van der Waals surface area contributed by atoms with Gasteiger partial charge in [0.1, 0.15) is 12.4 Å². The van der Waals surface area contributed by atoms with Gasteiger partial charge in [-0.1, -0.05) is 49.6 Å². The molecular formula is C21H26N2O2. The molecule has 0 aliphatic heterocycles. The van der Waals surface area contributed by atoms with Gasteiger partial charge in [-0.3, -0.25) is 4.79 Å². The van der Waals surface area contributed by atoms with E-state index in [-0.39, 0.29) is 5.91 Å². The predicted octanol–water partition coefficient (Wildman–Crippen LogP) is 4.13. The first-order valence-corrected chi connectivity index (χ1v) is 9.09. The summed E-state index contributed by atoms with van der Waals surface area (Å²) in [7, 11) is 0. The fourth-order valence-electron chi connectivity index (χ4n) is 3.12. The van der Waals surface area contributed by atoms with Crippen molar-refractivity contribution >= 4 is 11.6 Å². The van der Waals surface area contributed by atoms with E-state index in [2.05, 4.69) is 10.6 Å². The monoisotopic (exact) mass is 338 g/mol. The molecule has 1 aliphatic rings. The lowest BCUT2D eigenvalue weighted by atomic mass is 9.95. The maximum Gasteiger partial charge on any atom is 0.238 e. The third-order valence-corrected chi connectivity index (χ3v) is 4.54. The molecule has 2 N–H and O–H groups in total. The number of carbonyl (C=O) groups excluding carboxylic acids is 1. The van der Waals surface area contributed by atoms with Crippen molar-refractivity contribution in [2.24, 2.45) is 0 Å². The van der Waals surface area contributed by atoms with Crippen molar-refractivity contribution in [2.75, 3.05) is 11.9 Å². The highest BCUT2D eigenvalue weighted by Crippen LogP contribution is 2.18. The Morgan fingerprint density at radius 1 is 0.960 bits per heavy atom. The van der Waals surface area contributed by atoms with E-state index in [1.807, 2.05) is 54.6 Å². The van der Waals surface area contributed by atoms with Crippen LogP contribution in [0.25, 0.3) is 0 Å². The van der Waals surface area contributed by atoms with Crippen LogP contribution in [0, 0.1) is 0 Å². The van der Waals surface area contributed by atoms with Crippen molar-refractivity contribution in [3.63, 3.8) is 0 Å². The first-order chi connectivity index (χ1) is 12.3. The molecule has 25 heavy (non-hydrogen) atoms. The molecular weight excluding hydrogens is 312 g/mol. The molecule has 1 aliphatic carbocycles. The van der Waals surface area contributed by atoms with Gasteiger partial charge >= 0.3 is 0 Å². The molecule has 4 nitrogen and oxygen atoms in total. The average Bonchev–Trinajstić information content (AvgIpc) is 2.67. The van der Waals surface area contributed by atoms with E-state index in [1.54, 1.807) is 0 Å². The van der Waals surface area contributed by atoms with Crippen molar-refractivity contribution in [2.45, 2.75) is 44.8 Å². The van der Waals surface area contributed by atoms with Crippen LogP contribution in [-0.4, -0.2) is 18.5 Å². The Balaban J connectivity index is 1.41. The SMILES string of the molecule is O=C(CNC1CCCCC1)Nc1ccc(OCc2ccccc2)cc1. The van der Waals surface area contributed by atoms with Crippen molar-refractivity contribution in [3.8, 4) is 5.75 Å². The second-order valence-electron chi connectivity index (χ2n) is 6.56. The van der Waals surface area contributed by atoms with Gasteiger partial charge < -0.3 is 15.4 Å². The van der Waals surface area contributed by atoms with Crippen LogP contribution in [-0.2, 0) is 11.4 Å². The summed E-state index contributed by atoms with van der Waals surface area (Å²) in [5.74, 6) is 0.797. The van der Waals surface area contributed by atoms with Gasteiger partial charge in [0.15, 0.2) is 0 Å². The summed E-state index contributed by atoms with van der Waals surface area (Å²) in [6, 6.07) is 18.1. The van der Waals surface area contributed by atoms with Gasteiger partial charge in [0.25, 0.3) is 0 Å². The van der Waals surface area contributed by atoms with Crippen LogP contribution in [0.5, 0.6) is 5.75 Å². The van der Waals surface area contributed by atoms with Crippen molar-refractivity contribution in [3.05, 3.63) is 60.2 Å².